The van der Waals surface area contributed by atoms with Gasteiger partial charge in [0.1, 0.15) is 0 Å². The molecule has 1 amide bonds. The molecule has 0 unspecified atom stereocenters. The number of fused-ring (bicyclic) bond motifs is 1. The van der Waals surface area contributed by atoms with Crippen molar-refractivity contribution in [1.82, 2.24) is 4.98 Å². The number of halogens is 2. The number of hydrogen-bond donors (Lipinski definition) is 2. The van der Waals surface area contributed by atoms with Gasteiger partial charge in [0.15, 0.2) is 0 Å². The van der Waals surface area contributed by atoms with Crippen LogP contribution in [0, 0.1) is 6.92 Å². The van der Waals surface area contributed by atoms with Crippen LogP contribution in [0.1, 0.15) is 16.8 Å². The highest BCUT2D eigenvalue weighted by Gasteiger charge is 2.29. The average molecular weight is 382 g/mol. The lowest BCUT2D eigenvalue weighted by atomic mass is 10.0. The van der Waals surface area contributed by atoms with E-state index >= 15 is 0 Å². The molecule has 0 spiro atoms. The Morgan fingerprint density at radius 1 is 1.26 bits per heavy atom. The Balaban J connectivity index is 2.25. The van der Waals surface area contributed by atoms with Gasteiger partial charge in [-0.25, -0.2) is 0 Å². The summed E-state index contributed by atoms with van der Waals surface area (Å²) in [6, 6.07) is 5.79. The first kappa shape index (κ1) is 12.7. The largest absolute Gasteiger partial charge is 0.362 e. The number of H-pyrrole nitrogens is 1. The van der Waals surface area contributed by atoms with Crippen molar-refractivity contribution >= 4 is 55.1 Å². The van der Waals surface area contributed by atoms with Gasteiger partial charge < -0.3 is 10.3 Å². The summed E-state index contributed by atoms with van der Waals surface area (Å²) >= 11 is 7.01. The molecular weight excluding hydrogens is 372 g/mol. The zero-order chi connectivity index (χ0) is 13.6. The molecule has 1 aromatic carbocycles. The van der Waals surface area contributed by atoms with Crippen molar-refractivity contribution in [3.05, 3.63) is 50.2 Å². The lowest BCUT2D eigenvalue weighted by molar-refractivity contribution is -0.110. The second-order valence-electron chi connectivity index (χ2n) is 4.35. The third-order valence-corrected chi connectivity index (χ3v) is 4.60. The fraction of sp³-hybridized carbons (Fsp3) is 0.0714. The SMILES string of the molecule is Cc1c(Br)cc(Br)c2c1C(=Cc1ccc[nH]1)C(=O)N2. The van der Waals surface area contributed by atoms with Gasteiger partial charge in [-0.1, -0.05) is 15.9 Å². The Labute approximate surface area is 127 Å². The zero-order valence-electron chi connectivity index (χ0n) is 10.1. The molecule has 0 saturated carbocycles. The maximum Gasteiger partial charge on any atom is 0.256 e. The quantitative estimate of drug-likeness (QED) is 0.709. The Morgan fingerprint density at radius 2 is 2.05 bits per heavy atom. The summed E-state index contributed by atoms with van der Waals surface area (Å²) in [5.74, 6) is -0.0773. The number of carbonyl (C=O) groups excluding carboxylic acids is 1. The second kappa shape index (κ2) is 4.65. The number of benzene rings is 1. The third-order valence-electron chi connectivity index (χ3n) is 3.15. The van der Waals surface area contributed by atoms with Gasteiger partial charge in [0.25, 0.3) is 5.91 Å². The van der Waals surface area contributed by atoms with Crippen LogP contribution >= 0.6 is 31.9 Å². The number of anilines is 1. The monoisotopic (exact) mass is 380 g/mol. The molecule has 3 nitrogen and oxygen atoms in total. The molecule has 1 aliphatic heterocycles. The number of hydrogen-bond acceptors (Lipinski definition) is 1. The normalized spacial score (nSPS) is 15.7. The average Bonchev–Trinajstić information content (AvgIpc) is 2.97. The van der Waals surface area contributed by atoms with Crippen LogP contribution in [0.5, 0.6) is 0 Å². The van der Waals surface area contributed by atoms with Crippen molar-refractivity contribution < 1.29 is 4.79 Å². The molecule has 19 heavy (non-hydrogen) atoms. The van der Waals surface area contributed by atoms with Gasteiger partial charge in [0.2, 0.25) is 0 Å². The minimum atomic E-state index is -0.0773. The van der Waals surface area contributed by atoms with Crippen LogP contribution < -0.4 is 5.32 Å². The predicted molar refractivity (Wildman–Crippen MR) is 83.9 cm³/mol. The van der Waals surface area contributed by atoms with E-state index in [2.05, 4.69) is 42.2 Å². The van der Waals surface area contributed by atoms with E-state index in [4.69, 9.17) is 0 Å². The Morgan fingerprint density at radius 3 is 2.74 bits per heavy atom. The number of rotatable bonds is 1. The van der Waals surface area contributed by atoms with Gasteiger partial charge in [-0.05, 0) is 52.7 Å². The smallest absolute Gasteiger partial charge is 0.256 e. The molecule has 1 aliphatic rings. The van der Waals surface area contributed by atoms with E-state index in [-0.39, 0.29) is 5.91 Å². The first-order chi connectivity index (χ1) is 9.08. The fourth-order valence-electron chi connectivity index (χ4n) is 2.20. The first-order valence-corrected chi connectivity index (χ1v) is 7.32. The van der Waals surface area contributed by atoms with Crippen molar-refractivity contribution in [3.8, 4) is 0 Å². The summed E-state index contributed by atoms with van der Waals surface area (Å²) in [5.41, 5.74) is 4.42. The first-order valence-electron chi connectivity index (χ1n) is 5.73. The van der Waals surface area contributed by atoms with Crippen molar-refractivity contribution in [3.63, 3.8) is 0 Å². The molecule has 0 atom stereocenters. The summed E-state index contributed by atoms with van der Waals surface area (Å²) in [6.45, 7) is 2.00. The Kier molecular flexibility index (Phi) is 3.11. The molecule has 1 aromatic heterocycles. The molecule has 0 radical (unpaired) electrons. The lowest BCUT2D eigenvalue weighted by Gasteiger charge is -2.08. The topological polar surface area (TPSA) is 44.9 Å². The molecule has 3 rings (SSSR count). The van der Waals surface area contributed by atoms with Crippen molar-refractivity contribution in [2.75, 3.05) is 5.32 Å². The third kappa shape index (κ3) is 2.07. The van der Waals surface area contributed by atoms with Crippen LogP contribution in [0.3, 0.4) is 0 Å². The molecule has 2 aromatic rings. The molecule has 0 fully saturated rings. The molecule has 2 N–H and O–H groups in total. The highest BCUT2D eigenvalue weighted by molar-refractivity contribution is 9.11. The highest BCUT2D eigenvalue weighted by Crippen LogP contribution is 2.43. The number of aromatic amines is 1. The van der Waals surface area contributed by atoms with Crippen LogP contribution in [0.4, 0.5) is 5.69 Å². The highest BCUT2D eigenvalue weighted by atomic mass is 79.9. The number of nitrogens with one attached hydrogen (secondary N) is 2. The molecule has 96 valence electrons. The number of aromatic nitrogens is 1. The van der Waals surface area contributed by atoms with Gasteiger partial charge >= 0.3 is 0 Å². The lowest BCUT2D eigenvalue weighted by Crippen LogP contribution is -2.03. The van der Waals surface area contributed by atoms with E-state index in [1.54, 1.807) is 0 Å². The minimum absolute atomic E-state index is 0.0773. The van der Waals surface area contributed by atoms with E-state index < -0.39 is 0 Å². The second-order valence-corrected chi connectivity index (χ2v) is 6.06. The van der Waals surface area contributed by atoms with E-state index in [9.17, 15) is 4.79 Å². The van der Waals surface area contributed by atoms with E-state index in [1.165, 1.54) is 0 Å². The van der Waals surface area contributed by atoms with Gasteiger partial charge in [0.05, 0.1) is 11.3 Å². The van der Waals surface area contributed by atoms with Crippen LogP contribution in [0.15, 0.2) is 33.3 Å². The molecule has 0 bridgehead atoms. The summed E-state index contributed by atoms with van der Waals surface area (Å²) in [5, 5.41) is 2.91. The zero-order valence-corrected chi connectivity index (χ0v) is 13.2. The van der Waals surface area contributed by atoms with Gasteiger partial charge in [-0.15, -0.1) is 0 Å². The van der Waals surface area contributed by atoms with Gasteiger partial charge in [-0.3, -0.25) is 4.79 Å². The van der Waals surface area contributed by atoms with Crippen LogP contribution in [0.25, 0.3) is 11.6 Å². The molecule has 5 heteroatoms. The Bertz CT molecular complexity index is 703. The molecule has 2 heterocycles. The van der Waals surface area contributed by atoms with E-state index in [0.29, 0.717) is 5.57 Å². The number of carbonyl (C=O) groups is 1. The number of amides is 1. The summed E-state index contributed by atoms with van der Waals surface area (Å²) in [6.07, 6.45) is 3.71. The molecular formula is C14H10Br2N2O. The maximum atomic E-state index is 12.1. The van der Waals surface area contributed by atoms with Crippen molar-refractivity contribution in [1.29, 1.82) is 0 Å². The molecule has 0 aliphatic carbocycles. The summed E-state index contributed by atoms with van der Waals surface area (Å²) < 4.78 is 1.86. The van der Waals surface area contributed by atoms with Crippen molar-refractivity contribution in [2.24, 2.45) is 0 Å². The van der Waals surface area contributed by atoms with Crippen molar-refractivity contribution in [2.45, 2.75) is 6.92 Å². The minimum Gasteiger partial charge on any atom is -0.362 e. The maximum absolute atomic E-state index is 12.1. The summed E-state index contributed by atoms with van der Waals surface area (Å²) in [7, 11) is 0. The van der Waals surface area contributed by atoms with Gasteiger partial charge in [-0.2, -0.15) is 0 Å². The Hall–Kier alpha value is -1.33. The van der Waals surface area contributed by atoms with Gasteiger partial charge in [0, 0.05) is 26.4 Å². The fourth-order valence-corrected chi connectivity index (χ4v) is 3.46. The van der Waals surface area contributed by atoms with Crippen LogP contribution in [-0.4, -0.2) is 10.9 Å². The summed E-state index contributed by atoms with van der Waals surface area (Å²) in [4.78, 5) is 15.2. The standard InChI is InChI=1S/C14H10Br2N2O/c1-7-10(15)6-11(16)13-12(7)9(14(19)18-13)5-8-3-2-4-17-8/h2-6,17H,1H3,(H,18,19). The van der Waals surface area contributed by atoms with Crippen LogP contribution in [0.2, 0.25) is 0 Å². The van der Waals surface area contributed by atoms with E-state index in [1.807, 2.05) is 37.4 Å². The van der Waals surface area contributed by atoms with Crippen LogP contribution in [-0.2, 0) is 4.79 Å². The van der Waals surface area contributed by atoms with E-state index in [0.717, 1.165) is 31.5 Å². The molecule has 0 saturated heterocycles. The predicted octanol–water partition coefficient (Wildman–Crippen LogP) is 4.34.